The van der Waals surface area contributed by atoms with Crippen LogP contribution in [-0.4, -0.2) is 19.0 Å². The lowest BCUT2D eigenvalue weighted by molar-refractivity contribution is -0.118. The zero-order valence-corrected chi connectivity index (χ0v) is 10.4. The second-order valence-corrected chi connectivity index (χ2v) is 4.89. The van der Waals surface area contributed by atoms with Crippen LogP contribution in [0.25, 0.3) is 0 Å². The molecule has 0 saturated carbocycles. The Labute approximate surface area is 98.8 Å². The standard InChI is InChI=1S/C10H15ClN2OS/c1-7(9-5-10(11)15-6-9)12-3-4-13-8(2)14/h5-7,12H,3-4H2,1-2H3,(H,13,14). The smallest absolute Gasteiger partial charge is 0.216 e. The summed E-state index contributed by atoms with van der Waals surface area (Å²) in [7, 11) is 0. The molecule has 1 amide bonds. The van der Waals surface area contributed by atoms with E-state index >= 15 is 0 Å². The van der Waals surface area contributed by atoms with Crippen molar-refractivity contribution in [2.75, 3.05) is 13.1 Å². The molecule has 0 radical (unpaired) electrons. The molecule has 0 aromatic carbocycles. The number of halogens is 1. The third-order valence-corrected chi connectivity index (χ3v) is 3.15. The highest BCUT2D eigenvalue weighted by Gasteiger charge is 2.06. The molecule has 0 saturated heterocycles. The molecule has 1 unspecified atom stereocenters. The average Bonchev–Trinajstić information content (AvgIpc) is 2.59. The molecular formula is C10H15ClN2OS. The molecule has 0 spiro atoms. The second-order valence-electron chi connectivity index (χ2n) is 3.34. The normalized spacial score (nSPS) is 12.5. The summed E-state index contributed by atoms with van der Waals surface area (Å²) in [5, 5.41) is 8.07. The zero-order valence-electron chi connectivity index (χ0n) is 8.84. The minimum atomic E-state index is 0.00281. The van der Waals surface area contributed by atoms with Crippen LogP contribution < -0.4 is 10.6 Å². The van der Waals surface area contributed by atoms with E-state index in [0.717, 1.165) is 10.9 Å². The van der Waals surface area contributed by atoms with Gasteiger partial charge in [-0.1, -0.05) is 11.6 Å². The van der Waals surface area contributed by atoms with Crippen molar-refractivity contribution < 1.29 is 4.79 Å². The van der Waals surface area contributed by atoms with Crippen LogP contribution in [0.2, 0.25) is 4.34 Å². The minimum Gasteiger partial charge on any atom is -0.355 e. The van der Waals surface area contributed by atoms with Crippen LogP contribution in [0, 0.1) is 0 Å². The molecule has 0 bridgehead atoms. The first-order valence-electron chi connectivity index (χ1n) is 4.81. The highest BCUT2D eigenvalue weighted by molar-refractivity contribution is 7.14. The number of hydrogen-bond acceptors (Lipinski definition) is 3. The number of rotatable bonds is 5. The van der Waals surface area contributed by atoms with E-state index in [1.807, 2.05) is 11.4 Å². The van der Waals surface area contributed by atoms with E-state index in [9.17, 15) is 4.79 Å². The highest BCUT2D eigenvalue weighted by atomic mass is 35.5. The van der Waals surface area contributed by atoms with Crippen molar-refractivity contribution in [3.8, 4) is 0 Å². The summed E-state index contributed by atoms with van der Waals surface area (Å²) >= 11 is 7.37. The van der Waals surface area contributed by atoms with Crippen LogP contribution in [0.1, 0.15) is 25.5 Å². The molecule has 5 heteroatoms. The summed E-state index contributed by atoms with van der Waals surface area (Å²) < 4.78 is 0.806. The van der Waals surface area contributed by atoms with Gasteiger partial charge in [0.2, 0.25) is 5.91 Å². The lowest BCUT2D eigenvalue weighted by atomic mass is 10.2. The van der Waals surface area contributed by atoms with Gasteiger partial charge in [0.1, 0.15) is 0 Å². The van der Waals surface area contributed by atoms with Gasteiger partial charge in [-0.25, -0.2) is 0 Å². The molecule has 3 nitrogen and oxygen atoms in total. The zero-order chi connectivity index (χ0) is 11.3. The van der Waals surface area contributed by atoms with Crippen molar-refractivity contribution in [3.63, 3.8) is 0 Å². The quantitative estimate of drug-likeness (QED) is 0.782. The lowest BCUT2D eigenvalue weighted by Gasteiger charge is -2.12. The van der Waals surface area contributed by atoms with E-state index in [0.29, 0.717) is 6.54 Å². The topological polar surface area (TPSA) is 41.1 Å². The number of carbonyl (C=O) groups excluding carboxylic acids is 1. The molecule has 15 heavy (non-hydrogen) atoms. The van der Waals surface area contributed by atoms with Gasteiger partial charge in [-0.05, 0) is 23.9 Å². The first-order valence-corrected chi connectivity index (χ1v) is 6.07. The lowest BCUT2D eigenvalue weighted by Crippen LogP contribution is -2.31. The number of hydrogen-bond donors (Lipinski definition) is 2. The Balaban J connectivity index is 2.24. The number of amides is 1. The van der Waals surface area contributed by atoms with E-state index in [1.54, 1.807) is 0 Å². The van der Waals surface area contributed by atoms with Crippen molar-refractivity contribution in [1.29, 1.82) is 0 Å². The molecule has 0 aliphatic carbocycles. The Morgan fingerprint density at radius 2 is 2.33 bits per heavy atom. The summed E-state index contributed by atoms with van der Waals surface area (Å²) in [4.78, 5) is 10.6. The summed E-state index contributed by atoms with van der Waals surface area (Å²) in [6, 6.07) is 2.23. The van der Waals surface area contributed by atoms with E-state index < -0.39 is 0 Å². The summed E-state index contributed by atoms with van der Waals surface area (Å²) in [6.45, 7) is 5.00. The van der Waals surface area contributed by atoms with Gasteiger partial charge in [0.05, 0.1) is 4.34 Å². The largest absolute Gasteiger partial charge is 0.355 e. The Morgan fingerprint density at radius 1 is 1.60 bits per heavy atom. The first-order chi connectivity index (χ1) is 7.09. The third kappa shape index (κ3) is 4.64. The van der Waals surface area contributed by atoms with E-state index in [1.165, 1.54) is 23.8 Å². The molecule has 1 rings (SSSR count). The first kappa shape index (κ1) is 12.5. The van der Waals surface area contributed by atoms with Crippen LogP contribution >= 0.6 is 22.9 Å². The maximum absolute atomic E-state index is 10.6. The number of nitrogens with one attached hydrogen (secondary N) is 2. The van der Waals surface area contributed by atoms with Crippen LogP contribution in [0.3, 0.4) is 0 Å². The maximum Gasteiger partial charge on any atom is 0.216 e. The Kier molecular flexibility index (Phi) is 5.08. The molecule has 1 aromatic heterocycles. The summed E-state index contributed by atoms with van der Waals surface area (Å²) in [5.74, 6) is 0.00281. The molecule has 0 fully saturated rings. The van der Waals surface area contributed by atoms with Crippen LogP contribution in [0.15, 0.2) is 11.4 Å². The van der Waals surface area contributed by atoms with Crippen LogP contribution in [0.4, 0.5) is 0 Å². The van der Waals surface area contributed by atoms with E-state index in [2.05, 4.69) is 17.6 Å². The molecule has 0 aliphatic rings. The minimum absolute atomic E-state index is 0.00281. The van der Waals surface area contributed by atoms with E-state index in [4.69, 9.17) is 11.6 Å². The Morgan fingerprint density at radius 3 is 2.87 bits per heavy atom. The van der Waals surface area contributed by atoms with E-state index in [-0.39, 0.29) is 11.9 Å². The van der Waals surface area contributed by atoms with Crippen molar-refractivity contribution in [2.45, 2.75) is 19.9 Å². The van der Waals surface area contributed by atoms with Gasteiger partial charge in [-0.2, -0.15) is 0 Å². The molecule has 0 aliphatic heterocycles. The molecular weight excluding hydrogens is 232 g/mol. The predicted octanol–water partition coefficient (Wildman–Crippen LogP) is 2.19. The van der Waals surface area contributed by atoms with Crippen LogP contribution in [-0.2, 0) is 4.79 Å². The van der Waals surface area contributed by atoms with Gasteiger partial charge >= 0.3 is 0 Å². The monoisotopic (exact) mass is 246 g/mol. The summed E-state index contributed by atoms with van der Waals surface area (Å²) in [5.41, 5.74) is 1.19. The summed E-state index contributed by atoms with van der Waals surface area (Å²) in [6.07, 6.45) is 0. The third-order valence-electron chi connectivity index (χ3n) is 2.04. The Bertz CT molecular complexity index is 327. The molecule has 1 heterocycles. The average molecular weight is 247 g/mol. The van der Waals surface area contributed by atoms with Crippen molar-refractivity contribution in [1.82, 2.24) is 10.6 Å². The fourth-order valence-electron chi connectivity index (χ4n) is 1.20. The number of thiophene rings is 1. The van der Waals surface area contributed by atoms with Gasteiger partial charge in [0.15, 0.2) is 0 Å². The van der Waals surface area contributed by atoms with Crippen molar-refractivity contribution in [2.24, 2.45) is 0 Å². The van der Waals surface area contributed by atoms with Gasteiger partial charge in [0.25, 0.3) is 0 Å². The van der Waals surface area contributed by atoms with Gasteiger partial charge in [-0.15, -0.1) is 11.3 Å². The predicted molar refractivity (Wildman–Crippen MR) is 64.4 cm³/mol. The molecule has 1 atom stereocenters. The Hall–Kier alpha value is -0.580. The number of carbonyl (C=O) groups is 1. The van der Waals surface area contributed by atoms with Gasteiger partial charge < -0.3 is 10.6 Å². The molecule has 84 valence electrons. The van der Waals surface area contributed by atoms with Crippen molar-refractivity contribution in [3.05, 3.63) is 21.3 Å². The fraction of sp³-hybridized carbons (Fsp3) is 0.500. The van der Waals surface area contributed by atoms with Gasteiger partial charge in [-0.3, -0.25) is 4.79 Å². The van der Waals surface area contributed by atoms with Gasteiger partial charge in [0, 0.05) is 26.1 Å². The molecule has 2 N–H and O–H groups in total. The fourth-order valence-corrected chi connectivity index (χ4v) is 2.18. The van der Waals surface area contributed by atoms with Crippen LogP contribution in [0.5, 0.6) is 0 Å². The second kappa shape index (κ2) is 6.10. The highest BCUT2D eigenvalue weighted by Crippen LogP contribution is 2.24. The molecule has 1 aromatic rings. The van der Waals surface area contributed by atoms with Crippen molar-refractivity contribution >= 4 is 28.8 Å². The SMILES string of the molecule is CC(=O)NCCNC(C)c1csc(Cl)c1. The maximum atomic E-state index is 10.6.